The molecule has 0 aliphatic carbocycles. The van der Waals surface area contributed by atoms with Crippen LogP contribution in [0.15, 0.2) is 77.8 Å². The molecule has 2 heterocycles. The predicted molar refractivity (Wildman–Crippen MR) is 125 cm³/mol. The summed E-state index contributed by atoms with van der Waals surface area (Å²) in [4.78, 5) is 19.7. The third kappa shape index (κ3) is 4.19. The number of carbonyl (C=O) groups is 1. The number of likely N-dealkylation sites (tertiary alicyclic amines) is 1. The molecule has 5 rings (SSSR count). The lowest BCUT2D eigenvalue weighted by Crippen LogP contribution is -2.46. The van der Waals surface area contributed by atoms with Gasteiger partial charge in [-0.1, -0.05) is 30.3 Å². The predicted octanol–water partition coefficient (Wildman–Crippen LogP) is 4.11. The fourth-order valence-corrected chi connectivity index (χ4v) is 5.67. The van der Waals surface area contributed by atoms with Gasteiger partial charge in [0.2, 0.25) is 10.0 Å². The maximum atomic E-state index is 13.4. The summed E-state index contributed by atoms with van der Waals surface area (Å²) in [5, 5.41) is 2.95. The van der Waals surface area contributed by atoms with Gasteiger partial charge in [-0.3, -0.25) is 9.78 Å². The number of nitrogens with one attached hydrogen (secondary N) is 1. The Balaban J connectivity index is 1.34. The van der Waals surface area contributed by atoms with Crippen molar-refractivity contribution in [2.45, 2.75) is 23.8 Å². The second-order valence-corrected chi connectivity index (χ2v) is 9.90. The number of sulfonamides is 1. The van der Waals surface area contributed by atoms with Crippen molar-refractivity contribution in [2.24, 2.45) is 0 Å². The molecule has 1 amide bonds. The maximum Gasteiger partial charge on any atom is 0.256 e. The molecule has 1 aliphatic rings. The lowest BCUT2D eigenvalue weighted by molar-refractivity contribution is 0.0713. The molecule has 1 aromatic heterocycles. The van der Waals surface area contributed by atoms with E-state index >= 15 is 0 Å². The smallest absolute Gasteiger partial charge is 0.256 e. The normalized spacial score (nSPS) is 15.2. The van der Waals surface area contributed by atoms with Crippen molar-refractivity contribution in [2.75, 3.05) is 13.1 Å². The first-order chi connectivity index (χ1) is 15.9. The molecule has 3 aromatic carbocycles. The van der Waals surface area contributed by atoms with Gasteiger partial charge in [0.25, 0.3) is 5.91 Å². The number of benzene rings is 3. The Bertz CT molecular complexity index is 1450. The molecule has 1 fully saturated rings. The van der Waals surface area contributed by atoms with E-state index in [-0.39, 0.29) is 16.8 Å². The Morgan fingerprint density at radius 1 is 0.970 bits per heavy atom. The van der Waals surface area contributed by atoms with E-state index in [1.165, 1.54) is 12.1 Å². The first-order valence-corrected chi connectivity index (χ1v) is 12.2. The minimum Gasteiger partial charge on any atom is -0.338 e. The van der Waals surface area contributed by atoms with Crippen molar-refractivity contribution in [3.05, 3.63) is 84.3 Å². The van der Waals surface area contributed by atoms with Crippen molar-refractivity contribution in [3.63, 3.8) is 0 Å². The monoisotopic (exact) mass is 463 g/mol. The Labute approximate surface area is 191 Å². The zero-order chi connectivity index (χ0) is 23.0. The number of hydrogen-bond donors (Lipinski definition) is 1. The SMILES string of the molecule is O=C(c1cc2ccccc2c2cccnc12)N1CCC(NS(=O)(=O)c2ccc(F)cc2)CC1. The second kappa shape index (κ2) is 8.53. The fraction of sp³-hybridized carbons (Fsp3) is 0.200. The van der Waals surface area contributed by atoms with Crippen LogP contribution in [0.25, 0.3) is 21.7 Å². The number of halogens is 1. The van der Waals surface area contributed by atoms with Gasteiger partial charge in [-0.15, -0.1) is 0 Å². The van der Waals surface area contributed by atoms with E-state index in [2.05, 4.69) is 9.71 Å². The van der Waals surface area contributed by atoms with Crippen molar-refractivity contribution in [3.8, 4) is 0 Å². The first-order valence-electron chi connectivity index (χ1n) is 10.8. The number of fused-ring (bicyclic) bond motifs is 3. The Morgan fingerprint density at radius 2 is 1.67 bits per heavy atom. The number of hydrogen-bond acceptors (Lipinski definition) is 4. The van der Waals surface area contributed by atoms with Crippen LogP contribution in [0.4, 0.5) is 4.39 Å². The third-order valence-electron chi connectivity index (χ3n) is 6.07. The molecule has 0 bridgehead atoms. The maximum absolute atomic E-state index is 13.4. The Hall–Kier alpha value is -3.36. The van der Waals surface area contributed by atoms with Gasteiger partial charge in [0.15, 0.2) is 0 Å². The fourth-order valence-electron chi connectivity index (χ4n) is 4.36. The zero-order valence-electron chi connectivity index (χ0n) is 17.7. The van der Waals surface area contributed by atoms with E-state index in [4.69, 9.17) is 0 Å². The molecule has 33 heavy (non-hydrogen) atoms. The number of pyridine rings is 1. The van der Waals surface area contributed by atoms with Gasteiger partial charge in [0.1, 0.15) is 5.82 Å². The minimum absolute atomic E-state index is 0.0242. The van der Waals surface area contributed by atoms with Gasteiger partial charge >= 0.3 is 0 Å². The largest absolute Gasteiger partial charge is 0.338 e. The molecule has 0 atom stereocenters. The lowest BCUT2D eigenvalue weighted by atomic mass is 9.99. The Kier molecular flexibility index (Phi) is 5.55. The summed E-state index contributed by atoms with van der Waals surface area (Å²) in [6.07, 6.45) is 2.67. The number of aromatic nitrogens is 1. The molecule has 4 aromatic rings. The number of amides is 1. The highest BCUT2D eigenvalue weighted by Gasteiger charge is 2.28. The molecule has 0 spiro atoms. The lowest BCUT2D eigenvalue weighted by Gasteiger charge is -2.32. The standard InChI is InChI=1S/C25H22FN3O3S/c26-18-7-9-20(10-8-18)33(31,32)28-19-11-14-29(15-12-19)25(30)23-16-17-4-1-2-5-21(17)22-6-3-13-27-24(22)23/h1-10,13,16,19,28H,11-12,14-15H2. The topological polar surface area (TPSA) is 79.4 Å². The van der Waals surface area contributed by atoms with Gasteiger partial charge in [-0.2, -0.15) is 0 Å². The number of nitrogens with zero attached hydrogens (tertiary/aromatic N) is 2. The van der Waals surface area contributed by atoms with E-state index in [9.17, 15) is 17.6 Å². The van der Waals surface area contributed by atoms with Gasteiger partial charge in [-0.05, 0) is 60.0 Å². The van der Waals surface area contributed by atoms with Crippen LogP contribution in [0.2, 0.25) is 0 Å². The van der Waals surface area contributed by atoms with Crippen LogP contribution < -0.4 is 4.72 Å². The molecular weight excluding hydrogens is 441 g/mol. The first kappa shape index (κ1) is 21.5. The molecule has 8 heteroatoms. The van der Waals surface area contributed by atoms with Gasteiger partial charge in [0.05, 0.1) is 16.0 Å². The van der Waals surface area contributed by atoms with Crippen LogP contribution in [0.5, 0.6) is 0 Å². The van der Waals surface area contributed by atoms with Crippen LogP contribution >= 0.6 is 0 Å². The molecule has 0 unspecified atom stereocenters. The van der Waals surface area contributed by atoms with Crippen LogP contribution in [-0.4, -0.2) is 43.3 Å². The summed E-state index contributed by atoms with van der Waals surface area (Å²) in [7, 11) is -3.75. The summed E-state index contributed by atoms with van der Waals surface area (Å²) in [6, 6.07) is 18.1. The van der Waals surface area contributed by atoms with Crippen molar-refractivity contribution in [1.82, 2.24) is 14.6 Å². The minimum atomic E-state index is -3.75. The average Bonchev–Trinajstić information content (AvgIpc) is 2.83. The number of carbonyl (C=O) groups excluding carboxylic acids is 1. The summed E-state index contributed by atoms with van der Waals surface area (Å²) >= 11 is 0. The molecule has 0 radical (unpaired) electrons. The summed E-state index contributed by atoms with van der Waals surface area (Å²) in [6.45, 7) is 0.854. The molecule has 0 saturated carbocycles. The van der Waals surface area contributed by atoms with Crippen LogP contribution in [0.3, 0.4) is 0 Å². The third-order valence-corrected chi connectivity index (χ3v) is 7.61. The van der Waals surface area contributed by atoms with Gasteiger partial charge in [0, 0.05) is 30.7 Å². The molecule has 168 valence electrons. The zero-order valence-corrected chi connectivity index (χ0v) is 18.6. The quantitative estimate of drug-likeness (QED) is 0.462. The average molecular weight is 464 g/mol. The van der Waals surface area contributed by atoms with Crippen molar-refractivity contribution < 1.29 is 17.6 Å². The highest BCUT2D eigenvalue weighted by atomic mass is 32.2. The second-order valence-electron chi connectivity index (χ2n) is 8.19. The van der Waals surface area contributed by atoms with Gasteiger partial charge < -0.3 is 4.90 Å². The van der Waals surface area contributed by atoms with E-state index in [0.717, 1.165) is 28.3 Å². The van der Waals surface area contributed by atoms with E-state index in [0.29, 0.717) is 37.0 Å². The van der Waals surface area contributed by atoms with E-state index < -0.39 is 15.8 Å². The number of rotatable bonds is 4. The highest BCUT2D eigenvalue weighted by molar-refractivity contribution is 7.89. The highest BCUT2D eigenvalue weighted by Crippen LogP contribution is 2.29. The van der Waals surface area contributed by atoms with E-state index in [1.54, 1.807) is 11.1 Å². The van der Waals surface area contributed by atoms with Crippen molar-refractivity contribution >= 4 is 37.6 Å². The molecule has 1 saturated heterocycles. The van der Waals surface area contributed by atoms with Crippen LogP contribution in [0.1, 0.15) is 23.2 Å². The van der Waals surface area contributed by atoms with Crippen LogP contribution in [-0.2, 0) is 10.0 Å². The number of piperidine rings is 1. The Morgan fingerprint density at radius 3 is 2.42 bits per heavy atom. The van der Waals surface area contributed by atoms with Gasteiger partial charge in [-0.25, -0.2) is 17.5 Å². The molecular formula is C25H22FN3O3S. The molecule has 1 aliphatic heterocycles. The van der Waals surface area contributed by atoms with Crippen molar-refractivity contribution in [1.29, 1.82) is 0 Å². The molecule has 1 N–H and O–H groups in total. The van der Waals surface area contributed by atoms with Crippen LogP contribution in [0, 0.1) is 5.82 Å². The van der Waals surface area contributed by atoms with E-state index in [1.807, 2.05) is 42.5 Å². The molecule has 6 nitrogen and oxygen atoms in total. The summed E-state index contributed by atoms with van der Waals surface area (Å²) in [5.41, 5.74) is 1.22. The summed E-state index contributed by atoms with van der Waals surface area (Å²) < 4.78 is 41.0. The summed E-state index contributed by atoms with van der Waals surface area (Å²) in [5.74, 6) is -0.597.